The summed E-state index contributed by atoms with van der Waals surface area (Å²) in [4.78, 5) is 31.2. The van der Waals surface area contributed by atoms with Gasteiger partial charge < -0.3 is 10.1 Å². The molecule has 1 unspecified atom stereocenters. The molecule has 4 rings (SSSR count). The highest BCUT2D eigenvalue weighted by atomic mass is 35.5. The van der Waals surface area contributed by atoms with Crippen molar-refractivity contribution >= 4 is 45.6 Å². The van der Waals surface area contributed by atoms with E-state index in [0.29, 0.717) is 33.6 Å². The Morgan fingerprint density at radius 3 is 2.68 bits per heavy atom. The van der Waals surface area contributed by atoms with Crippen molar-refractivity contribution in [1.82, 2.24) is 4.98 Å². The second kappa shape index (κ2) is 9.08. The lowest BCUT2D eigenvalue weighted by Gasteiger charge is -2.21. The number of methoxy groups -OCH3 is 1. The first-order valence-electron chi connectivity index (χ1n) is 9.96. The minimum atomic E-state index is -0.356. The average molecular weight is 456 g/mol. The Kier molecular flexibility index (Phi) is 6.25. The Labute approximate surface area is 189 Å². The number of hydrogen-bond donors (Lipinski definition) is 2. The van der Waals surface area contributed by atoms with Gasteiger partial charge in [-0.25, -0.2) is 4.98 Å². The van der Waals surface area contributed by atoms with Gasteiger partial charge in [0, 0.05) is 21.2 Å². The predicted octanol–water partition coefficient (Wildman–Crippen LogP) is 5.42. The fraction of sp³-hybridized carbons (Fsp3) is 0.261. The topological polar surface area (TPSA) is 80.3 Å². The summed E-state index contributed by atoms with van der Waals surface area (Å²) in [5, 5.41) is 6.92. The van der Waals surface area contributed by atoms with Crippen LogP contribution in [0.1, 0.15) is 45.3 Å². The Bertz CT molecular complexity index is 1130. The molecule has 31 heavy (non-hydrogen) atoms. The quantitative estimate of drug-likeness (QED) is 0.538. The Morgan fingerprint density at radius 2 is 1.94 bits per heavy atom. The van der Waals surface area contributed by atoms with E-state index in [9.17, 15) is 9.59 Å². The maximum Gasteiger partial charge on any atom is 0.257 e. The van der Waals surface area contributed by atoms with Gasteiger partial charge in [0.25, 0.3) is 5.91 Å². The van der Waals surface area contributed by atoms with E-state index < -0.39 is 0 Å². The molecular weight excluding hydrogens is 434 g/mol. The summed E-state index contributed by atoms with van der Waals surface area (Å²) in [6.45, 7) is 1.92. The van der Waals surface area contributed by atoms with Gasteiger partial charge in [-0.3, -0.25) is 14.9 Å². The number of anilines is 2. The van der Waals surface area contributed by atoms with Crippen LogP contribution in [0.2, 0.25) is 5.02 Å². The lowest BCUT2D eigenvalue weighted by atomic mass is 9.90. The van der Waals surface area contributed by atoms with Gasteiger partial charge in [0.1, 0.15) is 5.75 Å². The first-order chi connectivity index (χ1) is 14.9. The van der Waals surface area contributed by atoms with Gasteiger partial charge in [-0.1, -0.05) is 17.7 Å². The molecular formula is C23H22ClN3O3S. The highest BCUT2D eigenvalue weighted by molar-refractivity contribution is 7.16. The largest absolute Gasteiger partial charge is 0.497 e. The van der Waals surface area contributed by atoms with Crippen LogP contribution in [0.4, 0.5) is 10.8 Å². The fourth-order valence-electron chi connectivity index (χ4n) is 3.59. The fourth-order valence-corrected chi connectivity index (χ4v) is 4.82. The summed E-state index contributed by atoms with van der Waals surface area (Å²) in [6.07, 6.45) is 2.47. The number of rotatable bonds is 5. The molecule has 6 nitrogen and oxygen atoms in total. The lowest BCUT2D eigenvalue weighted by molar-refractivity contribution is -0.117. The number of carbonyl (C=O) groups is 2. The molecule has 160 valence electrons. The number of amides is 2. The van der Waals surface area contributed by atoms with Crippen molar-refractivity contribution in [2.45, 2.75) is 32.1 Å². The molecule has 2 amide bonds. The zero-order valence-corrected chi connectivity index (χ0v) is 18.8. The zero-order chi connectivity index (χ0) is 22.0. The van der Waals surface area contributed by atoms with Crippen LogP contribution < -0.4 is 15.4 Å². The van der Waals surface area contributed by atoms with Crippen LogP contribution in [0.15, 0.2) is 42.5 Å². The molecule has 0 saturated carbocycles. The third-order valence-corrected chi connectivity index (χ3v) is 6.58. The molecule has 2 aromatic carbocycles. The molecule has 0 bridgehead atoms. The van der Waals surface area contributed by atoms with Crippen LogP contribution in [0.25, 0.3) is 0 Å². The van der Waals surface area contributed by atoms with Gasteiger partial charge in [0.15, 0.2) is 5.13 Å². The Morgan fingerprint density at radius 1 is 1.16 bits per heavy atom. The maximum atomic E-state index is 13.0. The van der Waals surface area contributed by atoms with Gasteiger partial charge >= 0.3 is 0 Å². The van der Waals surface area contributed by atoms with E-state index >= 15 is 0 Å². The van der Waals surface area contributed by atoms with Gasteiger partial charge in [-0.05, 0) is 68.1 Å². The Balaban J connectivity index is 1.50. The summed E-state index contributed by atoms with van der Waals surface area (Å²) in [5.41, 5.74) is 2.91. The number of hydrogen-bond acceptors (Lipinski definition) is 5. The highest BCUT2D eigenvalue weighted by Gasteiger charge is 2.31. The molecule has 0 spiro atoms. The van der Waals surface area contributed by atoms with E-state index in [1.165, 1.54) is 11.3 Å². The molecule has 1 atom stereocenters. The Hall–Kier alpha value is -2.90. The standard InChI is InChI=1S/C23H22ClN3O3S/c1-13-6-9-15(24)12-18(13)25-22(29)17-4-3-5-19-20(17)26-23(31-19)27-21(28)14-7-10-16(30-2)11-8-14/h6-12,17H,3-5H2,1-2H3,(H,25,29)(H,26,27,28). The number of nitrogens with one attached hydrogen (secondary N) is 2. The summed E-state index contributed by atoms with van der Waals surface area (Å²) < 4.78 is 5.13. The van der Waals surface area contributed by atoms with Crippen molar-refractivity contribution in [1.29, 1.82) is 0 Å². The summed E-state index contributed by atoms with van der Waals surface area (Å²) in [7, 11) is 1.58. The van der Waals surface area contributed by atoms with Gasteiger partial charge in [0.05, 0.1) is 18.7 Å². The molecule has 8 heteroatoms. The molecule has 1 aromatic heterocycles. The van der Waals surface area contributed by atoms with Crippen LogP contribution >= 0.6 is 22.9 Å². The molecule has 3 aromatic rings. The van der Waals surface area contributed by atoms with E-state index in [0.717, 1.165) is 29.0 Å². The molecule has 1 aliphatic rings. The molecule has 0 aliphatic heterocycles. The molecule has 0 saturated heterocycles. The lowest BCUT2D eigenvalue weighted by Crippen LogP contribution is -2.25. The van der Waals surface area contributed by atoms with Gasteiger partial charge in [-0.2, -0.15) is 0 Å². The van der Waals surface area contributed by atoms with Crippen molar-refractivity contribution in [3.8, 4) is 5.75 Å². The summed E-state index contributed by atoms with van der Waals surface area (Å²) in [5.74, 6) is -0.0240. The van der Waals surface area contributed by atoms with Crippen LogP contribution in [-0.4, -0.2) is 23.9 Å². The van der Waals surface area contributed by atoms with Crippen molar-refractivity contribution < 1.29 is 14.3 Å². The molecule has 0 fully saturated rings. The molecule has 0 radical (unpaired) electrons. The van der Waals surface area contributed by atoms with Crippen LogP contribution in [0.3, 0.4) is 0 Å². The van der Waals surface area contributed by atoms with Crippen LogP contribution in [0, 0.1) is 6.92 Å². The summed E-state index contributed by atoms with van der Waals surface area (Å²) >= 11 is 7.51. The van der Waals surface area contributed by atoms with Gasteiger partial charge in [-0.15, -0.1) is 11.3 Å². The van der Waals surface area contributed by atoms with Crippen LogP contribution in [-0.2, 0) is 11.2 Å². The SMILES string of the molecule is COc1ccc(C(=O)Nc2nc3c(s2)CCCC3C(=O)Nc2cc(Cl)ccc2C)cc1. The minimum Gasteiger partial charge on any atom is -0.497 e. The average Bonchev–Trinajstić information content (AvgIpc) is 3.18. The number of fused-ring (bicyclic) bond motifs is 1. The van der Waals surface area contributed by atoms with E-state index in [-0.39, 0.29) is 17.7 Å². The monoisotopic (exact) mass is 455 g/mol. The van der Waals surface area contributed by atoms with E-state index in [4.69, 9.17) is 16.3 Å². The number of benzene rings is 2. The second-order valence-electron chi connectivity index (χ2n) is 7.40. The minimum absolute atomic E-state index is 0.107. The first kappa shape index (κ1) is 21.3. The van der Waals surface area contributed by atoms with Crippen molar-refractivity contribution in [3.63, 3.8) is 0 Å². The summed E-state index contributed by atoms with van der Waals surface area (Å²) in [6, 6.07) is 12.3. The van der Waals surface area contributed by atoms with E-state index in [1.807, 2.05) is 13.0 Å². The predicted molar refractivity (Wildman–Crippen MR) is 124 cm³/mol. The van der Waals surface area contributed by atoms with Crippen molar-refractivity contribution in [2.75, 3.05) is 17.7 Å². The molecule has 2 N–H and O–H groups in total. The molecule has 1 aliphatic carbocycles. The number of ether oxygens (including phenoxy) is 1. The zero-order valence-electron chi connectivity index (χ0n) is 17.2. The highest BCUT2D eigenvalue weighted by Crippen LogP contribution is 2.37. The van der Waals surface area contributed by atoms with Crippen molar-refractivity contribution in [2.24, 2.45) is 0 Å². The van der Waals surface area contributed by atoms with Crippen molar-refractivity contribution in [3.05, 3.63) is 69.2 Å². The number of aryl methyl sites for hydroxylation is 2. The molecule has 1 heterocycles. The number of aromatic nitrogens is 1. The third-order valence-electron chi connectivity index (χ3n) is 5.30. The number of carbonyl (C=O) groups excluding carboxylic acids is 2. The maximum absolute atomic E-state index is 13.0. The first-order valence-corrected chi connectivity index (χ1v) is 11.2. The number of halogens is 1. The van der Waals surface area contributed by atoms with Crippen LogP contribution in [0.5, 0.6) is 5.75 Å². The number of nitrogens with zero attached hydrogens (tertiary/aromatic N) is 1. The normalized spacial score (nSPS) is 15.1. The smallest absolute Gasteiger partial charge is 0.257 e. The van der Waals surface area contributed by atoms with Gasteiger partial charge in [0.2, 0.25) is 5.91 Å². The second-order valence-corrected chi connectivity index (χ2v) is 8.92. The van der Waals surface area contributed by atoms with E-state index in [2.05, 4.69) is 15.6 Å². The van der Waals surface area contributed by atoms with E-state index in [1.54, 1.807) is 43.5 Å². The third kappa shape index (κ3) is 4.73. The number of thiazole rings is 1.